The van der Waals surface area contributed by atoms with E-state index in [4.69, 9.17) is 10.8 Å². The van der Waals surface area contributed by atoms with E-state index in [1.165, 1.54) is 0 Å². The van der Waals surface area contributed by atoms with Gasteiger partial charge in [-0.3, -0.25) is 0 Å². The number of rotatable bonds is 1. The molecular formula is C8H14ClNO. The lowest BCUT2D eigenvalue weighted by atomic mass is 10.4. The van der Waals surface area contributed by atoms with Crippen LogP contribution >= 0.6 is 12.4 Å². The van der Waals surface area contributed by atoms with Gasteiger partial charge in [-0.1, -0.05) is 36.4 Å². The number of halogens is 1. The van der Waals surface area contributed by atoms with Gasteiger partial charge in [0.05, 0.1) is 6.61 Å². The molecule has 64 valence electrons. The van der Waals surface area contributed by atoms with E-state index < -0.39 is 0 Å². The van der Waals surface area contributed by atoms with Gasteiger partial charge in [-0.2, -0.15) is 0 Å². The van der Waals surface area contributed by atoms with Crippen molar-refractivity contribution in [2.45, 2.75) is 0 Å². The van der Waals surface area contributed by atoms with Crippen LogP contribution in [0.25, 0.3) is 0 Å². The molecule has 0 atom stereocenters. The van der Waals surface area contributed by atoms with E-state index in [9.17, 15) is 0 Å². The molecule has 0 fully saturated rings. The summed E-state index contributed by atoms with van der Waals surface area (Å²) in [5.41, 5.74) is 4.78. The number of benzene rings is 1. The summed E-state index contributed by atoms with van der Waals surface area (Å²) in [4.78, 5) is 0. The fourth-order valence-electron chi connectivity index (χ4n) is 0.385. The second-order valence-electron chi connectivity index (χ2n) is 1.67. The Hall–Kier alpha value is -0.570. The number of hydrogen-bond donors (Lipinski definition) is 2. The predicted molar refractivity (Wildman–Crippen MR) is 49.8 cm³/mol. The van der Waals surface area contributed by atoms with Crippen LogP contribution in [-0.2, 0) is 0 Å². The van der Waals surface area contributed by atoms with Crippen LogP contribution in [0, 0.1) is 0 Å². The average Bonchev–Trinajstić information content (AvgIpc) is 2.08. The van der Waals surface area contributed by atoms with Crippen LogP contribution in [0.15, 0.2) is 36.4 Å². The SMILES string of the molecule is Cl.NCCO.c1ccccc1. The van der Waals surface area contributed by atoms with Crippen molar-refractivity contribution in [3.63, 3.8) is 0 Å². The molecule has 2 nitrogen and oxygen atoms in total. The van der Waals surface area contributed by atoms with Crippen molar-refractivity contribution in [1.82, 2.24) is 0 Å². The first-order valence-electron chi connectivity index (χ1n) is 3.22. The molecule has 0 radical (unpaired) electrons. The van der Waals surface area contributed by atoms with Crippen LogP contribution in [0.5, 0.6) is 0 Å². The highest BCUT2D eigenvalue weighted by atomic mass is 35.5. The first kappa shape index (κ1) is 13.1. The molecule has 3 heteroatoms. The molecule has 0 saturated carbocycles. The quantitative estimate of drug-likeness (QED) is 0.670. The minimum absolute atomic E-state index is 0. The topological polar surface area (TPSA) is 46.2 Å². The lowest BCUT2D eigenvalue weighted by Crippen LogP contribution is -2.02. The zero-order valence-corrected chi connectivity index (χ0v) is 7.13. The van der Waals surface area contributed by atoms with Gasteiger partial charge < -0.3 is 10.8 Å². The molecule has 0 bridgehead atoms. The minimum Gasteiger partial charge on any atom is -0.395 e. The van der Waals surface area contributed by atoms with Gasteiger partial charge in [0.2, 0.25) is 0 Å². The van der Waals surface area contributed by atoms with E-state index in [2.05, 4.69) is 0 Å². The molecular weight excluding hydrogens is 162 g/mol. The molecule has 0 heterocycles. The van der Waals surface area contributed by atoms with Gasteiger partial charge in [-0.25, -0.2) is 0 Å². The van der Waals surface area contributed by atoms with Crippen molar-refractivity contribution in [1.29, 1.82) is 0 Å². The average molecular weight is 176 g/mol. The summed E-state index contributed by atoms with van der Waals surface area (Å²) in [5, 5.41) is 7.75. The summed E-state index contributed by atoms with van der Waals surface area (Å²) in [6.07, 6.45) is 0. The summed E-state index contributed by atoms with van der Waals surface area (Å²) in [7, 11) is 0. The van der Waals surface area contributed by atoms with Crippen molar-refractivity contribution in [2.75, 3.05) is 13.2 Å². The monoisotopic (exact) mass is 175 g/mol. The summed E-state index contributed by atoms with van der Waals surface area (Å²) >= 11 is 0. The van der Waals surface area contributed by atoms with Gasteiger partial charge in [0, 0.05) is 6.54 Å². The Kier molecular flexibility index (Phi) is 14.4. The maximum absolute atomic E-state index is 7.75. The van der Waals surface area contributed by atoms with Gasteiger partial charge in [-0.05, 0) is 0 Å². The third kappa shape index (κ3) is 12.6. The molecule has 11 heavy (non-hydrogen) atoms. The Balaban J connectivity index is 0. The Labute approximate surface area is 73.5 Å². The van der Waals surface area contributed by atoms with Crippen molar-refractivity contribution in [3.8, 4) is 0 Å². The molecule has 0 aromatic heterocycles. The number of nitrogens with two attached hydrogens (primary N) is 1. The standard InChI is InChI=1S/C6H6.C2H7NO.ClH/c1-2-4-6-5-3-1;3-1-2-4;/h1-6H;4H,1-3H2;1H. The Bertz CT molecular complexity index is 106. The molecule has 0 spiro atoms. The van der Waals surface area contributed by atoms with Gasteiger partial charge >= 0.3 is 0 Å². The van der Waals surface area contributed by atoms with Gasteiger partial charge in [0.25, 0.3) is 0 Å². The highest BCUT2D eigenvalue weighted by Crippen LogP contribution is 1.79. The zero-order valence-electron chi connectivity index (χ0n) is 6.31. The molecule has 0 amide bonds. The summed E-state index contributed by atoms with van der Waals surface area (Å²) in [6.45, 7) is 0.472. The molecule has 0 aliphatic heterocycles. The molecule has 3 N–H and O–H groups in total. The lowest BCUT2D eigenvalue weighted by molar-refractivity contribution is 0.306. The van der Waals surface area contributed by atoms with E-state index in [1.54, 1.807) is 0 Å². The molecule has 1 aromatic rings. The molecule has 0 aliphatic carbocycles. The third-order valence-corrected chi connectivity index (χ3v) is 0.796. The van der Waals surface area contributed by atoms with Crippen molar-refractivity contribution in [3.05, 3.63) is 36.4 Å². The van der Waals surface area contributed by atoms with Crippen molar-refractivity contribution in [2.24, 2.45) is 5.73 Å². The molecule has 1 aromatic carbocycles. The highest BCUT2D eigenvalue weighted by Gasteiger charge is 1.58. The van der Waals surface area contributed by atoms with E-state index in [0.29, 0.717) is 6.54 Å². The van der Waals surface area contributed by atoms with Gasteiger partial charge in [0.15, 0.2) is 0 Å². The Morgan fingerprint density at radius 3 is 1.18 bits per heavy atom. The fraction of sp³-hybridized carbons (Fsp3) is 0.250. The summed E-state index contributed by atoms with van der Waals surface area (Å²) < 4.78 is 0. The molecule has 0 saturated heterocycles. The summed E-state index contributed by atoms with van der Waals surface area (Å²) in [5.74, 6) is 0. The summed E-state index contributed by atoms with van der Waals surface area (Å²) in [6, 6.07) is 12.0. The van der Waals surface area contributed by atoms with Crippen LogP contribution in [0.2, 0.25) is 0 Å². The fourth-order valence-corrected chi connectivity index (χ4v) is 0.385. The Morgan fingerprint density at radius 2 is 1.09 bits per heavy atom. The van der Waals surface area contributed by atoms with Crippen LogP contribution in [0.1, 0.15) is 0 Å². The van der Waals surface area contributed by atoms with Crippen LogP contribution in [0.4, 0.5) is 0 Å². The van der Waals surface area contributed by atoms with Crippen LogP contribution < -0.4 is 5.73 Å². The molecule has 0 aliphatic rings. The molecule has 1 rings (SSSR count). The molecule has 0 unspecified atom stereocenters. The lowest BCUT2D eigenvalue weighted by Gasteiger charge is -1.71. The Morgan fingerprint density at radius 1 is 0.909 bits per heavy atom. The van der Waals surface area contributed by atoms with Gasteiger partial charge in [-0.15, -0.1) is 12.4 Å². The maximum atomic E-state index is 7.75. The first-order chi connectivity index (χ1) is 4.91. The smallest absolute Gasteiger partial charge is 0.0553 e. The van der Waals surface area contributed by atoms with E-state index in [-0.39, 0.29) is 19.0 Å². The first-order valence-corrected chi connectivity index (χ1v) is 3.22. The normalized spacial score (nSPS) is 7.09. The largest absolute Gasteiger partial charge is 0.395 e. The van der Waals surface area contributed by atoms with Crippen LogP contribution in [-0.4, -0.2) is 18.3 Å². The second kappa shape index (κ2) is 12.1. The highest BCUT2D eigenvalue weighted by molar-refractivity contribution is 5.85. The number of aliphatic hydroxyl groups is 1. The van der Waals surface area contributed by atoms with Crippen molar-refractivity contribution < 1.29 is 5.11 Å². The second-order valence-corrected chi connectivity index (χ2v) is 1.67. The van der Waals surface area contributed by atoms with E-state index >= 15 is 0 Å². The number of aliphatic hydroxyl groups excluding tert-OH is 1. The zero-order chi connectivity index (χ0) is 7.66. The van der Waals surface area contributed by atoms with E-state index in [0.717, 1.165) is 0 Å². The van der Waals surface area contributed by atoms with Gasteiger partial charge in [0.1, 0.15) is 0 Å². The van der Waals surface area contributed by atoms with Crippen LogP contribution in [0.3, 0.4) is 0 Å². The predicted octanol–water partition coefficient (Wildman–Crippen LogP) is 1.05. The number of hydrogen-bond acceptors (Lipinski definition) is 2. The van der Waals surface area contributed by atoms with Crippen molar-refractivity contribution >= 4 is 12.4 Å². The maximum Gasteiger partial charge on any atom is 0.0553 e. The van der Waals surface area contributed by atoms with E-state index in [1.807, 2.05) is 36.4 Å². The minimum atomic E-state index is 0. The third-order valence-electron chi connectivity index (χ3n) is 0.796.